The predicted octanol–water partition coefficient (Wildman–Crippen LogP) is 1.92. The molecular weight excluding hydrogens is 225 g/mol. The molecule has 0 saturated carbocycles. The molecule has 0 saturated heterocycles. The van der Waals surface area contributed by atoms with E-state index in [0.29, 0.717) is 0 Å². The van der Waals surface area contributed by atoms with Gasteiger partial charge in [-0.05, 0) is 12.1 Å². The molecule has 1 rings (SSSR count). The van der Waals surface area contributed by atoms with E-state index < -0.39 is 17.7 Å². The van der Waals surface area contributed by atoms with Crippen LogP contribution in [0.1, 0.15) is 16.3 Å². The van der Waals surface area contributed by atoms with Crippen LogP contribution in [0.5, 0.6) is 0 Å². The lowest BCUT2D eigenvalue weighted by atomic mass is 10.3. The lowest BCUT2D eigenvalue weighted by molar-refractivity contribution is -0.0899. The van der Waals surface area contributed by atoms with Crippen LogP contribution in [0.3, 0.4) is 0 Å². The first-order valence-corrected chi connectivity index (χ1v) is 4.23. The van der Waals surface area contributed by atoms with Crippen molar-refractivity contribution in [3.63, 3.8) is 0 Å². The molecule has 1 aromatic heterocycles. The molecule has 1 aromatic rings. The molecule has 16 heavy (non-hydrogen) atoms. The van der Waals surface area contributed by atoms with Crippen LogP contribution >= 0.6 is 0 Å². The summed E-state index contributed by atoms with van der Waals surface area (Å²) in [6, 6.07) is 2.21. The second kappa shape index (κ2) is 4.38. The van der Waals surface area contributed by atoms with Crippen molar-refractivity contribution in [1.82, 2.24) is 5.01 Å². The minimum absolute atomic E-state index is 0.0845. The zero-order valence-electron chi connectivity index (χ0n) is 8.58. The highest BCUT2D eigenvalue weighted by atomic mass is 19.4. The number of ketones is 1. The van der Waals surface area contributed by atoms with E-state index in [1.807, 2.05) is 0 Å². The Morgan fingerprint density at radius 2 is 2.06 bits per heavy atom. The van der Waals surface area contributed by atoms with Gasteiger partial charge in [0.2, 0.25) is 0 Å². The topological polar surface area (TPSA) is 45.8 Å². The van der Waals surface area contributed by atoms with Crippen LogP contribution in [-0.2, 0) is 0 Å². The second-order valence-electron chi connectivity index (χ2n) is 3.12. The fraction of sp³-hybridized carbons (Fsp3) is 0.333. The summed E-state index contributed by atoms with van der Waals surface area (Å²) in [5.41, 5.74) is 0. The predicted molar refractivity (Wildman–Crippen MR) is 50.4 cm³/mol. The Morgan fingerprint density at radius 3 is 2.56 bits per heavy atom. The van der Waals surface area contributed by atoms with E-state index in [1.165, 1.54) is 17.3 Å². The Balaban J connectivity index is 2.84. The van der Waals surface area contributed by atoms with Crippen LogP contribution < -0.4 is 0 Å². The molecule has 4 nitrogen and oxygen atoms in total. The summed E-state index contributed by atoms with van der Waals surface area (Å²) >= 11 is 0. The fourth-order valence-corrected chi connectivity index (χ4v) is 0.856. The van der Waals surface area contributed by atoms with Crippen molar-refractivity contribution in [2.45, 2.75) is 6.18 Å². The Bertz CT molecular complexity index is 407. The van der Waals surface area contributed by atoms with Gasteiger partial charge in [0.05, 0.1) is 6.21 Å². The van der Waals surface area contributed by atoms with Crippen LogP contribution in [0.4, 0.5) is 13.2 Å². The van der Waals surface area contributed by atoms with Crippen LogP contribution in [0, 0.1) is 0 Å². The molecule has 1 heterocycles. The van der Waals surface area contributed by atoms with Crippen molar-refractivity contribution in [2.24, 2.45) is 5.10 Å². The smallest absolute Gasteiger partial charge is 0.452 e. The monoisotopic (exact) mass is 234 g/mol. The molecule has 0 fully saturated rings. The van der Waals surface area contributed by atoms with Gasteiger partial charge >= 0.3 is 12.0 Å². The van der Waals surface area contributed by atoms with Crippen LogP contribution in [-0.4, -0.2) is 37.3 Å². The van der Waals surface area contributed by atoms with Crippen LogP contribution in [0.2, 0.25) is 0 Å². The Kier molecular flexibility index (Phi) is 3.36. The van der Waals surface area contributed by atoms with Gasteiger partial charge < -0.3 is 9.43 Å². The summed E-state index contributed by atoms with van der Waals surface area (Å²) in [7, 11) is 3.28. The number of carbonyl (C=O) groups is 1. The zero-order valence-corrected chi connectivity index (χ0v) is 8.58. The lowest BCUT2D eigenvalue weighted by Gasteiger charge is -2.01. The number of nitrogens with zero attached hydrogens (tertiary/aromatic N) is 2. The molecule has 0 N–H and O–H groups in total. The third-order valence-electron chi connectivity index (χ3n) is 1.52. The van der Waals surface area contributed by atoms with E-state index in [2.05, 4.69) is 9.52 Å². The highest BCUT2D eigenvalue weighted by Gasteiger charge is 2.41. The third-order valence-corrected chi connectivity index (χ3v) is 1.52. The minimum atomic E-state index is -4.92. The van der Waals surface area contributed by atoms with Crippen LogP contribution in [0.15, 0.2) is 21.7 Å². The molecule has 0 aliphatic rings. The van der Waals surface area contributed by atoms with Gasteiger partial charge in [-0.2, -0.15) is 18.3 Å². The molecule has 0 aliphatic heterocycles. The Labute approximate surface area is 89.3 Å². The van der Waals surface area contributed by atoms with Crippen molar-refractivity contribution in [3.05, 3.63) is 23.7 Å². The number of alkyl halides is 3. The number of furan rings is 1. The number of hydrogen-bond acceptors (Lipinski definition) is 4. The number of hydrazone groups is 1. The van der Waals surface area contributed by atoms with E-state index in [4.69, 9.17) is 0 Å². The average molecular weight is 234 g/mol. The normalized spacial score (nSPS) is 12.1. The first kappa shape index (κ1) is 12.3. The summed E-state index contributed by atoms with van der Waals surface area (Å²) in [5.74, 6) is -2.66. The molecule has 0 aromatic carbocycles. The average Bonchev–Trinajstić information content (AvgIpc) is 2.60. The quantitative estimate of drug-likeness (QED) is 0.456. The van der Waals surface area contributed by atoms with Gasteiger partial charge in [0.25, 0.3) is 0 Å². The van der Waals surface area contributed by atoms with E-state index in [1.54, 1.807) is 14.1 Å². The van der Waals surface area contributed by atoms with Gasteiger partial charge in [-0.3, -0.25) is 4.79 Å². The summed E-state index contributed by atoms with van der Waals surface area (Å²) in [5, 5.41) is 5.19. The summed E-state index contributed by atoms with van der Waals surface area (Å²) in [6.45, 7) is 0. The number of rotatable bonds is 3. The van der Waals surface area contributed by atoms with E-state index >= 15 is 0 Å². The van der Waals surface area contributed by atoms with Crippen molar-refractivity contribution >= 4 is 12.0 Å². The van der Waals surface area contributed by atoms with Crippen molar-refractivity contribution in [3.8, 4) is 0 Å². The number of Topliss-reactive ketones (excluding diaryl/α,β-unsaturated/α-hetero) is 1. The number of hydrogen-bond donors (Lipinski definition) is 0. The molecule has 0 bridgehead atoms. The SMILES string of the molecule is CN(C)/N=C/c1ccc(C(=O)C(F)(F)F)o1. The maximum Gasteiger partial charge on any atom is 0.458 e. The second-order valence-corrected chi connectivity index (χ2v) is 3.12. The highest BCUT2D eigenvalue weighted by Crippen LogP contribution is 2.22. The summed E-state index contributed by atoms with van der Waals surface area (Å²) in [4.78, 5) is 10.7. The molecule has 88 valence electrons. The molecule has 7 heteroatoms. The van der Waals surface area contributed by atoms with Gasteiger partial charge in [-0.25, -0.2) is 0 Å². The number of carbonyl (C=O) groups excluding carboxylic acids is 1. The molecule has 0 aliphatic carbocycles. The minimum Gasteiger partial charge on any atom is -0.452 e. The first-order chi connectivity index (χ1) is 7.30. The molecule has 0 unspecified atom stereocenters. The molecule has 0 atom stereocenters. The van der Waals surface area contributed by atoms with Gasteiger partial charge in [-0.1, -0.05) is 0 Å². The van der Waals surface area contributed by atoms with Crippen molar-refractivity contribution < 1.29 is 22.4 Å². The number of halogens is 3. The molecule has 0 spiro atoms. The zero-order chi connectivity index (χ0) is 12.3. The van der Waals surface area contributed by atoms with Gasteiger partial charge in [-0.15, -0.1) is 0 Å². The summed E-state index contributed by atoms with van der Waals surface area (Å²) in [6.07, 6.45) is -3.71. The largest absolute Gasteiger partial charge is 0.458 e. The maximum atomic E-state index is 12.0. The maximum absolute atomic E-state index is 12.0. The molecular formula is C9H9F3N2O2. The fourth-order valence-electron chi connectivity index (χ4n) is 0.856. The Hall–Kier alpha value is -1.79. The highest BCUT2D eigenvalue weighted by molar-refractivity contribution is 5.98. The lowest BCUT2D eigenvalue weighted by Crippen LogP contribution is -2.22. The van der Waals surface area contributed by atoms with Crippen molar-refractivity contribution in [1.29, 1.82) is 0 Å². The summed E-state index contributed by atoms with van der Waals surface area (Å²) < 4.78 is 40.7. The van der Waals surface area contributed by atoms with Crippen LogP contribution in [0.25, 0.3) is 0 Å². The van der Waals surface area contributed by atoms with Crippen molar-refractivity contribution in [2.75, 3.05) is 14.1 Å². The van der Waals surface area contributed by atoms with E-state index in [0.717, 1.165) is 6.07 Å². The van der Waals surface area contributed by atoms with Gasteiger partial charge in [0, 0.05) is 14.1 Å². The standard InChI is InChI=1S/C9H9F3N2O2/c1-14(2)13-5-6-3-4-7(16-6)8(15)9(10,11)12/h3-5H,1-2H3/b13-5+. The van der Waals surface area contributed by atoms with E-state index in [-0.39, 0.29) is 5.76 Å². The Morgan fingerprint density at radius 1 is 1.44 bits per heavy atom. The molecule has 0 radical (unpaired) electrons. The van der Waals surface area contributed by atoms with Gasteiger partial charge in [0.1, 0.15) is 5.76 Å². The third kappa shape index (κ3) is 3.11. The van der Waals surface area contributed by atoms with E-state index in [9.17, 15) is 18.0 Å². The molecule has 0 amide bonds. The van der Waals surface area contributed by atoms with Gasteiger partial charge in [0.15, 0.2) is 5.76 Å². The first-order valence-electron chi connectivity index (χ1n) is 4.23.